The molecular weight excluding hydrogens is 216 g/mol. The average Bonchev–Trinajstić information content (AvgIpc) is 2.28. The number of hydrogen-bond acceptors (Lipinski definition) is 3. The first-order valence-electron chi connectivity index (χ1n) is 5.26. The molecule has 1 aromatic rings. The number of rotatable bonds is 4. The van der Waals surface area contributed by atoms with Crippen LogP contribution >= 0.6 is 0 Å². The number of allylic oxidation sites excluding steroid dienone is 1. The van der Waals surface area contributed by atoms with E-state index in [0.29, 0.717) is 5.56 Å². The zero-order chi connectivity index (χ0) is 12.8. The van der Waals surface area contributed by atoms with Crippen LogP contribution in [-0.2, 0) is 4.79 Å². The van der Waals surface area contributed by atoms with Crippen LogP contribution in [-0.4, -0.2) is 30.7 Å². The van der Waals surface area contributed by atoms with Gasteiger partial charge in [-0.1, -0.05) is 18.2 Å². The van der Waals surface area contributed by atoms with Crippen LogP contribution in [0.5, 0.6) is 0 Å². The lowest BCUT2D eigenvalue weighted by Crippen LogP contribution is -2.27. The fraction of sp³-hybridized carbons (Fsp3) is 0.231. The van der Waals surface area contributed by atoms with Gasteiger partial charge in [0.15, 0.2) is 5.78 Å². The highest BCUT2D eigenvalue weighted by molar-refractivity contribution is 6.02. The maximum absolute atomic E-state index is 11.8. The molecule has 0 saturated carbocycles. The number of hydrogen-bond donors (Lipinski definition) is 1. The Hall–Kier alpha value is -2.10. The summed E-state index contributed by atoms with van der Waals surface area (Å²) in [5.41, 5.74) is 0.808. The second-order valence-corrected chi connectivity index (χ2v) is 3.88. The van der Waals surface area contributed by atoms with E-state index in [0.717, 1.165) is 0 Å². The normalized spacial score (nSPS) is 10.9. The predicted molar refractivity (Wildman–Crippen MR) is 66.4 cm³/mol. The monoisotopic (exact) mass is 232 g/mol. The molecule has 0 unspecified atom stereocenters. The van der Waals surface area contributed by atoms with Crippen LogP contribution in [0.1, 0.15) is 17.3 Å². The van der Waals surface area contributed by atoms with E-state index in [1.165, 1.54) is 6.92 Å². The van der Waals surface area contributed by atoms with Crippen LogP contribution in [0.2, 0.25) is 0 Å². The summed E-state index contributed by atoms with van der Waals surface area (Å²) >= 11 is 0. The quantitative estimate of drug-likeness (QED) is 0.798. The van der Waals surface area contributed by atoms with Crippen molar-refractivity contribution in [2.45, 2.75) is 6.92 Å². The molecule has 0 radical (unpaired) electrons. The number of nitrogens with zero attached hydrogens (tertiary/aromatic N) is 1. The van der Waals surface area contributed by atoms with Gasteiger partial charge in [0, 0.05) is 32.8 Å². The van der Waals surface area contributed by atoms with Gasteiger partial charge in [0.2, 0.25) is 0 Å². The van der Waals surface area contributed by atoms with Crippen LogP contribution in [0, 0.1) is 0 Å². The minimum Gasteiger partial charge on any atom is -0.382 e. The van der Waals surface area contributed by atoms with Gasteiger partial charge in [0.05, 0.1) is 0 Å². The van der Waals surface area contributed by atoms with Gasteiger partial charge in [-0.25, -0.2) is 0 Å². The van der Waals surface area contributed by atoms with Crippen molar-refractivity contribution in [3.63, 3.8) is 0 Å². The number of amides is 1. The molecule has 1 N–H and O–H groups in total. The van der Waals surface area contributed by atoms with E-state index in [9.17, 15) is 9.59 Å². The molecule has 0 spiro atoms. The lowest BCUT2D eigenvalue weighted by Gasteiger charge is -2.11. The molecule has 1 aromatic carbocycles. The van der Waals surface area contributed by atoms with Crippen LogP contribution in [0.4, 0.5) is 0 Å². The van der Waals surface area contributed by atoms with Gasteiger partial charge in [0.1, 0.15) is 5.70 Å². The smallest absolute Gasteiger partial charge is 0.255 e. The topological polar surface area (TPSA) is 49.4 Å². The number of Topliss-reactive ketones (excluding diaryl/α,β-unsaturated/α-hetero) is 1. The van der Waals surface area contributed by atoms with Crippen molar-refractivity contribution >= 4 is 11.7 Å². The van der Waals surface area contributed by atoms with Crippen molar-refractivity contribution < 1.29 is 9.59 Å². The molecule has 0 aliphatic heterocycles. The average molecular weight is 232 g/mol. The van der Waals surface area contributed by atoms with Crippen molar-refractivity contribution in [3.05, 3.63) is 47.8 Å². The summed E-state index contributed by atoms with van der Waals surface area (Å²) in [5.74, 6) is -0.461. The molecule has 4 nitrogen and oxygen atoms in total. The Kier molecular flexibility index (Phi) is 4.46. The third-order valence-corrected chi connectivity index (χ3v) is 2.05. The number of carbonyl (C=O) groups excluding carboxylic acids is 2. The Morgan fingerprint density at radius 2 is 1.76 bits per heavy atom. The number of nitrogens with one attached hydrogen (secondary N) is 1. The van der Waals surface area contributed by atoms with Gasteiger partial charge in [-0.05, 0) is 12.1 Å². The summed E-state index contributed by atoms with van der Waals surface area (Å²) in [6.45, 7) is 1.42. The lowest BCUT2D eigenvalue weighted by molar-refractivity contribution is -0.114. The summed E-state index contributed by atoms with van der Waals surface area (Å²) in [7, 11) is 3.58. The van der Waals surface area contributed by atoms with Crippen molar-refractivity contribution in [1.82, 2.24) is 10.2 Å². The van der Waals surface area contributed by atoms with Gasteiger partial charge < -0.3 is 10.2 Å². The third-order valence-electron chi connectivity index (χ3n) is 2.05. The maximum Gasteiger partial charge on any atom is 0.255 e. The Balaban J connectivity index is 2.83. The highest BCUT2D eigenvalue weighted by Gasteiger charge is 2.10. The van der Waals surface area contributed by atoms with Crippen molar-refractivity contribution in [3.8, 4) is 0 Å². The minimum atomic E-state index is -0.283. The Bertz CT molecular complexity index is 436. The van der Waals surface area contributed by atoms with Crippen molar-refractivity contribution in [2.75, 3.05) is 14.1 Å². The van der Waals surface area contributed by atoms with E-state index in [4.69, 9.17) is 0 Å². The van der Waals surface area contributed by atoms with Gasteiger partial charge in [-0.2, -0.15) is 0 Å². The molecule has 1 rings (SSSR count). The second-order valence-electron chi connectivity index (χ2n) is 3.88. The molecule has 1 amide bonds. The highest BCUT2D eigenvalue weighted by Crippen LogP contribution is 2.01. The van der Waals surface area contributed by atoms with Gasteiger partial charge in [-0.15, -0.1) is 0 Å². The maximum atomic E-state index is 11.8. The zero-order valence-electron chi connectivity index (χ0n) is 10.2. The first kappa shape index (κ1) is 13.0. The summed E-state index contributed by atoms with van der Waals surface area (Å²) in [5, 5.41) is 2.60. The fourth-order valence-corrected chi connectivity index (χ4v) is 1.25. The molecule has 0 heterocycles. The van der Waals surface area contributed by atoms with Crippen LogP contribution < -0.4 is 5.32 Å². The Morgan fingerprint density at radius 3 is 2.24 bits per heavy atom. The zero-order valence-corrected chi connectivity index (χ0v) is 10.2. The number of benzene rings is 1. The second kappa shape index (κ2) is 5.84. The Morgan fingerprint density at radius 1 is 1.18 bits per heavy atom. The molecule has 0 aromatic heterocycles. The van der Waals surface area contributed by atoms with E-state index in [2.05, 4.69) is 5.32 Å². The number of carbonyl (C=O) groups is 2. The predicted octanol–water partition coefficient (Wildman–Crippen LogP) is 1.41. The molecule has 0 fully saturated rings. The van der Waals surface area contributed by atoms with Gasteiger partial charge >= 0.3 is 0 Å². The van der Waals surface area contributed by atoms with Crippen LogP contribution in [0.25, 0.3) is 0 Å². The van der Waals surface area contributed by atoms with E-state index in [1.54, 1.807) is 49.5 Å². The Labute approximate surface area is 101 Å². The fourth-order valence-electron chi connectivity index (χ4n) is 1.25. The van der Waals surface area contributed by atoms with E-state index < -0.39 is 0 Å². The summed E-state index contributed by atoms with van der Waals surface area (Å²) in [6.07, 6.45) is 1.59. The molecule has 90 valence electrons. The van der Waals surface area contributed by atoms with Gasteiger partial charge in [-0.3, -0.25) is 9.59 Å². The van der Waals surface area contributed by atoms with Crippen LogP contribution in [0.15, 0.2) is 42.2 Å². The van der Waals surface area contributed by atoms with Crippen LogP contribution in [0.3, 0.4) is 0 Å². The van der Waals surface area contributed by atoms with E-state index in [1.807, 2.05) is 6.07 Å². The lowest BCUT2D eigenvalue weighted by atomic mass is 10.2. The summed E-state index contributed by atoms with van der Waals surface area (Å²) in [4.78, 5) is 24.9. The molecule has 17 heavy (non-hydrogen) atoms. The van der Waals surface area contributed by atoms with Crippen molar-refractivity contribution in [2.24, 2.45) is 0 Å². The highest BCUT2D eigenvalue weighted by atomic mass is 16.2. The molecule has 0 bridgehead atoms. The third kappa shape index (κ3) is 4.10. The van der Waals surface area contributed by atoms with Gasteiger partial charge in [0.25, 0.3) is 5.91 Å². The molecule has 0 atom stereocenters. The largest absolute Gasteiger partial charge is 0.382 e. The SMILES string of the molecule is CC(=O)C(=CN(C)C)NC(=O)c1ccccc1. The van der Waals surface area contributed by atoms with Crippen molar-refractivity contribution in [1.29, 1.82) is 0 Å². The van der Waals surface area contributed by atoms with E-state index >= 15 is 0 Å². The number of ketones is 1. The molecule has 0 aliphatic carbocycles. The summed E-state index contributed by atoms with van der Waals surface area (Å²) < 4.78 is 0. The minimum absolute atomic E-state index is 0.178. The first-order chi connectivity index (χ1) is 8.00. The van der Waals surface area contributed by atoms with E-state index in [-0.39, 0.29) is 17.4 Å². The molecule has 0 aliphatic rings. The summed E-state index contributed by atoms with van der Waals surface area (Å²) in [6, 6.07) is 8.78. The molecule has 4 heteroatoms. The molecule has 0 saturated heterocycles. The standard InChI is InChI=1S/C13H16N2O2/c1-10(16)12(9-15(2)3)14-13(17)11-7-5-4-6-8-11/h4-9H,1-3H3,(H,14,17). The molecular formula is C13H16N2O2. The first-order valence-corrected chi connectivity index (χ1v) is 5.26.